The highest BCUT2D eigenvalue weighted by Crippen LogP contribution is 2.18. The number of rotatable bonds is 0. The first kappa shape index (κ1) is 5.34. The summed E-state index contributed by atoms with van der Waals surface area (Å²) in [5.41, 5.74) is 2.32. The van der Waals surface area contributed by atoms with Gasteiger partial charge < -0.3 is 5.41 Å². The second kappa shape index (κ2) is 1.76. The van der Waals surface area contributed by atoms with E-state index in [2.05, 4.69) is 15.2 Å². The molecule has 2 heterocycles. The van der Waals surface area contributed by atoms with Gasteiger partial charge in [-0.1, -0.05) is 0 Å². The fourth-order valence-electron chi connectivity index (χ4n) is 0.931. The molecule has 0 saturated heterocycles. The van der Waals surface area contributed by atoms with Crippen LogP contribution in [-0.2, 0) is 6.42 Å². The maximum atomic E-state index is 7.26. The Hall–Kier alpha value is -1.45. The van der Waals surface area contributed by atoms with Gasteiger partial charge in [0.15, 0.2) is 0 Å². The van der Waals surface area contributed by atoms with Crippen LogP contribution in [0, 0.1) is 5.41 Å². The lowest BCUT2D eigenvalue weighted by Crippen LogP contribution is -2.06. The summed E-state index contributed by atoms with van der Waals surface area (Å²) in [6, 6.07) is 0. The Morgan fingerprint density at radius 2 is 2.50 bits per heavy atom. The molecule has 1 aromatic heterocycles. The van der Waals surface area contributed by atoms with E-state index in [4.69, 9.17) is 5.41 Å². The SMILES string of the molecule is N=C1C=Nc2cn[nH]c2C1. The topological polar surface area (TPSA) is 64.9 Å². The van der Waals surface area contributed by atoms with E-state index < -0.39 is 0 Å². The third-order valence-corrected chi connectivity index (χ3v) is 1.42. The number of aromatic amines is 1. The maximum absolute atomic E-state index is 7.26. The number of hydrogen-bond donors (Lipinski definition) is 2. The van der Waals surface area contributed by atoms with Crippen LogP contribution in [-0.4, -0.2) is 22.1 Å². The number of nitrogens with zero attached hydrogens (tertiary/aromatic N) is 2. The van der Waals surface area contributed by atoms with Crippen LogP contribution in [0.2, 0.25) is 0 Å². The number of nitrogens with one attached hydrogen (secondary N) is 2. The van der Waals surface area contributed by atoms with Crippen molar-refractivity contribution in [1.29, 1.82) is 5.41 Å². The fourth-order valence-corrected chi connectivity index (χ4v) is 0.931. The largest absolute Gasteiger partial charge is 0.303 e. The monoisotopic (exact) mass is 134 g/mol. The summed E-state index contributed by atoms with van der Waals surface area (Å²) in [5.74, 6) is 0. The van der Waals surface area contributed by atoms with Crippen LogP contribution in [0.5, 0.6) is 0 Å². The average Bonchev–Trinajstić information content (AvgIpc) is 2.33. The van der Waals surface area contributed by atoms with Crippen molar-refractivity contribution < 1.29 is 0 Å². The highest BCUT2D eigenvalue weighted by atomic mass is 15.1. The molecular formula is C6H6N4. The zero-order valence-corrected chi connectivity index (χ0v) is 5.26. The summed E-state index contributed by atoms with van der Waals surface area (Å²) in [5, 5.41) is 13.8. The molecule has 0 saturated carbocycles. The molecule has 2 rings (SSSR count). The molecule has 0 spiro atoms. The van der Waals surface area contributed by atoms with Crippen LogP contribution in [0.25, 0.3) is 0 Å². The quantitative estimate of drug-likeness (QED) is 0.538. The lowest BCUT2D eigenvalue weighted by atomic mass is 10.1. The summed E-state index contributed by atoms with van der Waals surface area (Å²) in [7, 11) is 0. The van der Waals surface area contributed by atoms with Crippen molar-refractivity contribution in [3.05, 3.63) is 11.9 Å². The van der Waals surface area contributed by atoms with Gasteiger partial charge in [0, 0.05) is 12.6 Å². The summed E-state index contributed by atoms with van der Waals surface area (Å²) in [6.45, 7) is 0. The zero-order valence-electron chi connectivity index (χ0n) is 5.26. The van der Waals surface area contributed by atoms with Crippen molar-refractivity contribution in [2.24, 2.45) is 4.99 Å². The van der Waals surface area contributed by atoms with Gasteiger partial charge in [-0.05, 0) is 0 Å². The number of H-pyrrole nitrogens is 1. The molecule has 1 aliphatic rings. The van der Waals surface area contributed by atoms with Crippen LogP contribution in [0.1, 0.15) is 5.69 Å². The molecule has 0 atom stereocenters. The summed E-state index contributed by atoms with van der Waals surface area (Å²) in [6.07, 6.45) is 3.84. The molecule has 0 amide bonds. The Labute approximate surface area is 57.5 Å². The van der Waals surface area contributed by atoms with E-state index in [0.717, 1.165) is 11.4 Å². The molecule has 0 bridgehead atoms. The highest BCUT2D eigenvalue weighted by molar-refractivity contribution is 6.31. The van der Waals surface area contributed by atoms with Crippen molar-refractivity contribution in [3.8, 4) is 0 Å². The lowest BCUT2D eigenvalue weighted by molar-refractivity contribution is 1.02. The smallest absolute Gasteiger partial charge is 0.104 e. The fraction of sp³-hybridized carbons (Fsp3) is 0.167. The normalized spacial score (nSPS) is 15.4. The predicted molar refractivity (Wildman–Crippen MR) is 38.2 cm³/mol. The van der Waals surface area contributed by atoms with Crippen molar-refractivity contribution in [2.45, 2.75) is 6.42 Å². The Morgan fingerprint density at radius 3 is 3.40 bits per heavy atom. The van der Waals surface area contributed by atoms with Crippen molar-refractivity contribution in [2.75, 3.05) is 0 Å². The van der Waals surface area contributed by atoms with Crippen molar-refractivity contribution >= 4 is 17.6 Å². The number of fused-ring (bicyclic) bond motifs is 1. The molecule has 0 fully saturated rings. The molecule has 0 radical (unpaired) electrons. The minimum atomic E-state index is 0.525. The highest BCUT2D eigenvalue weighted by Gasteiger charge is 2.09. The van der Waals surface area contributed by atoms with Crippen LogP contribution < -0.4 is 0 Å². The molecule has 0 aromatic carbocycles. The third-order valence-electron chi connectivity index (χ3n) is 1.42. The van der Waals surface area contributed by atoms with Gasteiger partial charge in [-0.25, -0.2) is 0 Å². The van der Waals surface area contributed by atoms with Crippen LogP contribution in [0.3, 0.4) is 0 Å². The van der Waals surface area contributed by atoms with E-state index in [9.17, 15) is 0 Å². The summed E-state index contributed by atoms with van der Waals surface area (Å²) in [4.78, 5) is 3.99. The van der Waals surface area contributed by atoms with E-state index in [1.165, 1.54) is 0 Å². The number of aromatic nitrogens is 2. The molecule has 50 valence electrons. The molecule has 10 heavy (non-hydrogen) atoms. The average molecular weight is 134 g/mol. The van der Waals surface area contributed by atoms with Gasteiger partial charge in [-0.3, -0.25) is 10.1 Å². The van der Waals surface area contributed by atoms with Crippen LogP contribution in [0.4, 0.5) is 5.69 Å². The van der Waals surface area contributed by atoms with Crippen LogP contribution >= 0.6 is 0 Å². The second-order valence-electron chi connectivity index (χ2n) is 2.19. The van der Waals surface area contributed by atoms with E-state index in [-0.39, 0.29) is 0 Å². The first-order valence-corrected chi connectivity index (χ1v) is 3.00. The molecule has 4 nitrogen and oxygen atoms in total. The van der Waals surface area contributed by atoms with E-state index in [1.807, 2.05) is 0 Å². The molecule has 1 aliphatic heterocycles. The predicted octanol–water partition coefficient (Wildman–Crippen LogP) is 0.688. The summed E-state index contributed by atoms with van der Waals surface area (Å²) >= 11 is 0. The van der Waals surface area contributed by atoms with Gasteiger partial charge in [0.2, 0.25) is 0 Å². The number of hydrogen-bond acceptors (Lipinski definition) is 3. The van der Waals surface area contributed by atoms with Gasteiger partial charge >= 0.3 is 0 Å². The molecule has 1 aromatic rings. The molecular weight excluding hydrogens is 128 g/mol. The maximum Gasteiger partial charge on any atom is 0.104 e. The second-order valence-corrected chi connectivity index (χ2v) is 2.19. The Balaban J connectivity index is 2.52. The first-order chi connectivity index (χ1) is 4.86. The molecule has 0 aliphatic carbocycles. The third kappa shape index (κ3) is 0.655. The summed E-state index contributed by atoms with van der Waals surface area (Å²) < 4.78 is 0. The minimum Gasteiger partial charge on any atom is -0.303 e. The van der Waals surface area contributed by atoms with Crippen molar-refractivity contribution in [1.82, 2.24) is 10.2 Å². The van der Waals surface area contributed by atoms with E-state index in [1.54, 1.807) is 12.4 Å². The Morgan fingerprint density at radius 1 is 1.60 bits per heavy atom. The minimum absolute atomic E-state index is 0.525. The molecule has 4 heteroatoms. The first-order valence-electron chi connectivity index (χ1n) is 3.00. The van der Waals surface area contributed by atoms with Crippen molar-refractivity contribution in [3.63, 3.8) is 0 Å². The van der Waals surface area contributed by atoms with Gasteiger partial charge in [0.05, 0.1) is 17.6 Å². The van der Waals surface area contributed by atoms with Gasteiger partial charge in [0.25, 0.3) is 0 Å². The van der Waals surface area contributed by atoms with Gasteiger partial charge in [-0.15, -0.1) is 0 Å². The standard InChI is InChI=1S/C6H6N4/c7-4-1-5-6(8-2-4)3-9-10-5/h2-3,7H,1H2,(H,9,10). The lowest BCUT2D eigenvalue weighted by Gasteiger charge is -2.01. The van der Waals surface area contributed by atoms with E-state index in [0.29, 0.717) is 12.1 Å². The zero-order chi connectivity index (χ0) is 6.97. The number of aliphatic imine (C=N–C) groups is 1. The molecule has 0 unspecified atom stereocenters. The van der Waals surface area contributed by atoms with Gasteiger partial charge in [-0.2, -0.15) is 5.10 Å². The van der Waals surface area contributed by atoms with E-state index >= 15 is 0 Å². The molecule has 2 N–H and O–H groups in total. The van der Waals surface area contributed by atoms with Crippen LogP contribution in [0.15, 0.2) is 11.2 Å². The Bertz CT molecular complexity index is 296. The Kier molecular flexibility index (Phi) is 0.943. The van der Waals surface area contributed by atoms with Gasteiger partial charge in [0.1, 0.15) is 5.69 Å².